The number of nitrogens with one attached hydrogen (secondary N) is 1. The number of carbonyl (C=O) groups is 1. The zero-order chi connectivity index (χ0) is 18.1. The summed E-state index contributed by atoms with van der Waals surface area (Å²) in [4.78, 5) is 31.9. The first kappa shape index (κ1) is 19.0. The summed E-state index contributed by atoms with van der Waals surface area (Å²) in [5, 5.41) is 25.6. The van der Waals surface area contributed by atoms with Gasteiger partial charge in [-0.1, -0.05) is 19.8 Å². The highest BCUT2D eigenvalue weighted by molar-refractivity contribution is 6.36. The number of nitrogens with zero attached hydrogens (tertiary/aromatic N) is 3. The Morgan fingerprint density at radius 3 is 2.50 bits per heavy atom. The van der Waals surface area contributed by atoms with Gasteiger partial charge in [0.2, 0.25) is 0 Å². The highest BCUT2D eigenvalue weighted by atomic mass is 16.6. The minimum absolute atomic E-state index is 0.0532. The fourth-order valence-corrected chi connectivity index (χ4v) is 1.87. The number of esters is 1. The maximum atomic E-state index is 11.7. The van der Waals surface area contributed by atoms with Gasteiger partial charge in [0.15, 0.2) is 0 Å². The van der Waals surface area contributed by atoms with Gasteiger partial charge in [-0.3, -0.25) is 25.7 Å². The highest BCUT2D eigenvalue weighted by Crippen LogP contribution is 2.29. The molecule has 0 radical (unpaired) electrons. The van der Waals surface area contributed by atoms with Crippen LogP contribution in [0.2, 0.25) is 0 Å². The molecule has 130 valence electrons. The second kappa shape index (κ2) is 9.18. The van der Waals surface area contributed by atoms with Crippen LogP contribution in [0.4, 0.5) is 17.1 Å². The molecular formula is C14H18N4O6. The highest BCUT2D eigenvalue weighted by Gasteiger charge is 2.20. The molecule has 10 nitrogen and oxygen atoms in total. The van der Waals surface area contributed by atoms with Crippen LogP contribution in [0.25, 0.3) is 0 Å². The van der Waals surface area contributed by atoms with E-state index < -0.39 is 27.2 Å². The summed E-state index contributed by atoms with van der Waals surface area (Å²) in [6, 6.07) is 3.10. The molecule has 0 unspecified atom stereocenters. The van der Waals surface area contributed by atoms with Crippen LogP contribution in [0.1, 0.15) is 32.6 Å². The first-order valence-electron chi connectivity index (χ1n) is 7.24. The number of ether oxygens (including phenoxy) is 1. The molecule has 0 amide bonds. The molecule has 0 aromatic heterocycles. The van der Waals surface area contributed by atoms with Crippen molar-refractivity contribution in [3.05, 3.63) is 38.4 Å². The summed E-state index contributed by atoms with van der Waals surface area (Å²) in [7, 11) is 1.21. The molecule has 0 atom stereocenters. The van der Waals surface area contributed by atoms with Gasteiger partial charge >= 0.3 is 11.7 Å². The van der Waals surface area contributed by atoms with Crippen LogP contribution >= 0.6 is 0 Å². The predicted molar refractivity (Wildman–Crippen MR) is 87.0 cm³/mol. The number of hydrogen-bond donors (Lipinski definition) is 1. The van der Waals surface area contributed by atoms with E-state index in [-0.39, 0.29) is 11.4 Å². The van der Waals surface area contributed by atoms with Crippen molar-refractivity contribution in [3.8, 4) is 0 Å². The summed E-state index contributed by atoms with van der Waals surface area (Å²) in [5.41, 5.74) is 1.55. The van der Waals surface area contributed by atoms with E-state index >= 15 is 0 Å². The first-order valence-corrected chi connectivity index (χ1v) is 7.24. The van der Waals surface area contributed by atoms with Crippen molar-refractivity contribution in [1.82, 2.24) is 0 Å². The molecule has 1 aromatic rings. The van der Waals surface area contributed by atoms with Crippen LogP contribution in [0, 0.1) is 20.2 Å². The number of unbranched alkanes of at least 4 members (excludes halogenated alkanes) is 2. The maximum Gasteiger partial charge on any atom is 0.354 e. The van der Waals surface area contributed by atoms with Gasteiger partial charge < -0.3 is 4.74 Å². The number of nitro groups is 2. The largest absolute Gasteiger partial charge is 0.464 e. The molecule has 24 heavy (non-hydrogen) atoms. The van der Waals surface area contributed by atoms with Gasteiger partial charge in [-0.05, 0) is 18.9 Å². The quantitative estimate of drug-likeness (QED) is 0.240. The lowest BCUT2D eigenvalue weighted by atomic mass is 10.1. The Balaban J connectivity index is 3.05. The molecular weight excluding hydrogens is 320 g/mol. The lowest BCUT2D eigenvalue weighted by Crippen LogP contribution is -2.17. The van der Waals surface area contributed by atoms with Crippen LogP contribution in [-0.2, 0) is 9.53 Å². The minimum atomic E-state index is -0.764. The Kier molecular flexibility index (Phi) is 7.27. The number of hydrogen-bond acceptors (Lipinski definition) is 8. The molecule has 10 heteroatoms. The topological polar surface area (TPSA) is 137 Å². The third-order valence-corrected chi connectivity index (χ3v) is 3.14. The number of carbonyl (C=O) groups excluding carboxylic acids is 1. The standard InChI is InChI=1S/C14H18N4O6/c1-3-4-5-6-12(14(19)24-2)16-15-11-8-7-10(17(20)21)9-13(11)18(22)23/h7-9,15H,3-6H2,1-2H3/b16-12+. The lowest BCUT2D eigenvalue weighted by molar-refractivity contribution is -0.393. The number of nitro benzene ring substituents is 2. The van der Waals surface area contributed by atoms with Crippen LogP contribution in [-0.4, -0.2) is 28.6 Å². The molecule has 1 aromatic carbocycles. The van der Waals surface area contributed by atoms with E-state index in [2.05, 4.69) is 15.3 Å². The Labute approximate surface area is 137 Å². The smallest absolute Gasteiger partial charge is 0.354 e. The van der Waals surface area contributed by atoms with E-state index in [1.54, 1.807) is 0 Å². The van der Waals surface area contributed by atoms with Gasteiger partial charge in [0.25, 0.3) is 5.69 Å². The number of non-ortho nitro benzene ring substituents is 1. The van der Waals surface area contributed by atoms with E-state index in [0.29, 0.717) is 12.8 Å². The predicted octanol–water partition coefficient (Wildman–Crippen LogP) is 3.02. The van der Waals surface area contributed by atoms with Crippen LogP contribution < -0.4 is 5.43 Å². The Hall–Kier alpha value is -3.04. The third kappa shape index (κ3) is 5.30. The van der Waals surface area contributed by atoms with Crippen LogP contribution in [0.3, 0.4) is 0 Å². The second-order valence-corrected chi connectivity index (χ2v) is 4.83. The molecule has 0 saturated carbocycles. The molecule has 0 bridgehead atoms. The van der Waals surface area contributed by atoms with E-state index in [0.717, 1.165) is 25.0 Å². The molecule has 0 aliphatic heterocycles. The molecule has 0 aliphatic rings. The molecule has 1 N–H and O–H groups in total. The van der Waals surface area contributed by atoms with E-state index in [1.165, 1.54) is 13.2 Å². The summed E-state index contributed by atoms with van der Waals surface area (Å²) in [6.07, 6.45) is 2.92. The van der Waals surface area contributed by atoms with Crippen molar-refractivity contribution >= 4 is 28.7 Å². The zero-order valence-electron chi connectivity index (χ0n) is 13.4. The van der Waals surface area contributed by atoms with Crippen molar-refractivity contribution in [2.75, 3.05) is 12.5 Å². The van der Waals surface area contributed by atoms with E-state index in [1.807, 2.05) is 6.92 Å². The molecule has 0 fully saturated rings. The number of methoxy groups -OCH3 is 1. The molecule has 0 saturated heterocycles. The molecule has 0 spiro atoms. The normalized spacial score (nSPS) is 11.0. The SMILES string of the molecule is CCCCC/C(=N\Nc1ccc([N+](=O)[O-])cc1[N+](=O)[O-])C(=O)OC. The van der Waals surface area contributed by atoms with Crippen molar-refractivity contribution in [2.45, 2.75) is 32.6 Å². The fourth-order valence-electron chi connectivity index (χ4n) is 1.87. The summed E-state index contributed by atoms with van der Waals surface area (Å²) in [6.45, 7) is 2.01. The summed E-state index contributed by atoms with van der Waals surface area (Å²) < 4.78 is 4.63. The van der Waals surface area contributed by atoms with E-state index in [9.17, 15) is 25.0 Å². The number of anilines is 1. The second-order valence-electron chi connectivity index (χ2n) is 4.83. The minimum Gasteiger partial charge on any atom is -0.464 e. The van der Waals surface area contributed by atoms with Gasteiger partial charge in [-0.2, -0.15) is 5.10 Å². The summed E-state index contributed by atoms with van der Waals surface area (Å²) in [5.74, 6) is -0.636. The third-order valence-electron chi connectivity index (χ3n) is 3.14. The average molecular weight is 338 g/mol. The summed E-state index contributed by atoms with van der Waals surface area (Å²) >= 11 is 0. The van der Waals surface area contributed by atoms with Crippen molar-refractivity contribution in [1.29, 1.82) is 0 Å². The Bertz CT molecular complexity index is 659. The first-order chi connectivity index (χ1) is 11.4. The Morgan fingerprint density at radius 2 is 1.96 bits per heavy atom. The van der Waals surface area contributed by atoms with Crippen molar-refractivity contribution in [3.63, 3.8) is 0 Å². The maximum absolute atomic E-state index is 11.7. The average Bonchev–Trinajstić information content (AvgIpc) is 2.56. The Morgan fingerprint density at radius 1 is 1.25 bits per heavy atom. The number of rotatable bonds is 9. The number of benzene rings is 1. The monoisotopic (exact) mass is 338 g/mol. The van der Waals surface area contributed by atoms with Gasteiger partial charge in [-0.15, -0.1) is 0 Å². The van der Waals surface area contributed by atoms with Gasteiger partial charge in [-0.25, -0.2) is 4.79 Å². The van der Waals surface area contributed by atoms with Crippen molar-refractivity contribution in [2.24, 2.45) is 5.10 Å². The van der Waals surface area contributed by atoms with Crippen LogP contribution in [0.15, 0.2) is 23.3 Å². The fraction of sp³-hybridized carbons (Fsp3) is 0.429. The van der Waals surface area contributed by atoms with E-state index in [4.69, 9.17) is 0 Å². The van der Waals surface area contributed by atoms with Gasteiger partial charge in [0, 0.05) is 6.07 Å². The molecule has 1 rings (SSSR count). The van der Waals surface area contributed by atoms with Gasteiger partial charge in [0.1, 0.15) is 11.4 Å². The molecule has 0 aliphatic carbocycles. The van der Waals surface area contributed by atoms with Crippen LogP contribution in [0.5, 0.6) is 0 Å². The lowest BCUT2D eigenvalue weighted by Gasteiger charge is -2.06. The molecule has 0 heterocycles. The zero-order valence-corrected chi connectivity index (χ0v) is 13.4. The number of hydrazone groups is 1. The van der Waals surface area contributed by atoms with Crippen molar-refractivity contribution < 1.29 is 19.4 Å². The van der Waals surface area contributed by atoms with Gasteiger partial charge in [0.05, 0.1) is 23.0 Å².